The van der Waals surface area contributed by atoms with E-state index in [1.165, 1.54) is 12.8 Å². The van der Waals surface area contributed by atoms with Gasteiger partial charge in [-0.15, -0.1) is 0 Å². The number of rotatable bonds is 5. The molecule has 0 atom stereocenters. The molecule has 0 aromatic rings. The summed E-state index contributed by atoms with van der Waals surface area (Å²) in [6.07, 6.45) is 6.67. The Morgan fingerprint density at radius 1 is 1.25 bits per heavy atom. The lowest BCUT2D eigenvalue weighted by Gasteiger charge is -2.26. The van der Waals surface area contributed by atoms with E-state index in [4.69, 9.17) is 0 Å². The third-order valence-corrected chi connectivity index (χ3v) is 3.25. The third-order valence-electron chi connectivity index (χ3n) is 3.25. The first-order valence-electron chi connectivity index (χ1n) is 6.30. The topological polar surface area (TPSA) is 61.4 Å². The second-order valence-corrected chi connectivity index (χ2v) is 4.77. The highest BCUT2D eigenvalue weighted by molar-refractivity contribution is 5.76. The van der Waals surface area contributed by atoms with Gasteiger partial charge in [-0.25, -0.2) is 0 Å². The molecule has 0 aromatic heterocycles. The Kier molecular flexibility index (Phi) is 5.77. The SMILES string of the molecule is CNCCC(=O)NCC1(O)CCCCCC1. The van der Waals surface area contributed by atoms with Gasteiger partial charge in [0.15, 0.2) is 0 Å². The molecule has 1 saturated carbocycles. The summed E-state index contributed by atoms with van der Waals surface area (Å²) < 4.78 is 0. The zero-order valence-corrected chi connectivity index (χ0v) is 10.2. The van der Waals surface area contributed by atoms with E-state index in [0.717, 1.165) is 25.7 Å². The minimum atomic E-state index is -0.661. The highest BCUT2D eigenvalue weighted by Gasteiger charge is 2.28. The van der Waals surface area contributed by atoms with Gasteiger partial charge in [0.2, 0.25) is 5.91 Å². The van der Waals surface area contributed by atoms with Gasteiger partial charge in [-0.3, -0.25) is 4.79 Å². The molecule has 0 radical (unpaired) electrons. The van der Waals surface area contributed by atoms with E-state index in [1.54, 1.807) is 0 Å². The van der Waals surface area contributed by atoms with Crippen molar-refractivity contribution in [1.29, 1.82) is 0 Å². The first-order chi connectivity index (χ1) is 7.66. The highest BCUT2D eigenvalue weighted by atomic mass is 16.3. The Morgan fingerprint density at radius 3 is 2.44 bits per heavy atom. The summed E-state index contributed by atoms with van der Waals surface area (Å²) >= 11 is 0. The highest BCUT2D eigenvalue weighted by Crippen LogP contribution is 2.26. The van der Waals surface area contributed by atoms with E-state index >= 15 is 0 Å². The van der Waals surface area contributed by atoms with E-state index in [-0.39, 0.29) is 5.91 Å². The maximum atomic E-state index is 11.4. The van der Waals surface area contributed by atoms with E-state index < -0.39 is 5.60 Å². The average Bonchev–Trinajstić information content (AvgIpc) is 2.49. The number of carbonyl (C=O) groups excluding carboxylic acids is 1. The van der Waals surface area contributed by atoms with Gasteiger partial charge in [0.25, 0.3) is 0 Å². The lowest BCUT2D eigenvalue weighted by Crippen LogP contribution is -2.43. The lowest BCUT2D eigenvalue weighted by atomic mass is 9.94. The minimum Gasteiger partial charge on any atom is -0.388 e. The van der Waals surface area contributed by atoms with Crippen LogP contribution in [-0.4, -0.2) is 36.8 Å². The van der Waals surface area contributed by atoms with Crippen LogP contribution >= 0.6 is 0 Å². The Morgan fingerprint density at radius 2 is 1.88 bits per heavy atom. The first-order valence-corrected chi connectivity index (χ1v) is 6.30. The van der Waals surface area contributed by atoms with Crippen LogP contribution in [0.4, 0.5) is 0 Å². The van der Waals surface area contributed by atoms with Crippen molar-refractivity contribution in [3.63, 3.8) is 0 Å². The second-order valence-electron chi connectivity index (χ2n) is 4.77. The zero-order valence-electron chi connectivity index (χ0n) is 10.2. The standard InChI is InChI=1S/C12H24N2O2/c1-13-9-6-11(15)14-10-12(16)7-4-2-3-5-8-12/h13,16H,2-10H2,1H3,(H,14,15). The van der Waals surface area contributed by atoms with Gasteiger partial charge in [0, 0.05) is 19.5 Å². The molecule has 16 heavy (non-hydrogen) atoms. The summed E-state index contributed by atoms with van der Waals surface area (Å²) in [7, 11) is 1.83. The molecule has 1 amide bonds. The molecule has 1 aliphatic rings. The molecule has 0 bridgehead atoms. The summed E-state index contributed by atoms with van der Waals surface area (Å²) in [6.45, 7) is 1.10. The maximum Gasteiger partial charge on any atom is 0.221 e. The fraction of sp³-hybridized carbons (Fsp3) is 0.917. The fourth-order valence-electron chi connectivity index (χ4n) is 2.15. The molecule has 3 N–H and O–H groups in total. The van der Waals surface area contributed by atoms with Gasteiger partial charge in [-0.05, 0) is 19.9 Å². The first kappa shape index (κ1) is 13.5. The van der Waals surface area contributed by atoms with Gasteiger partial charge in [-0.1, -0.05) is 25.7 Å². The maximum absolute atomic E-state index is 11.4. The number of hydrogen-bond donors (Lipinski definition) is 3. The molecule has 94 valence electrons. The molecular formula is C12H24N2O2. The summed E-state index contributed by atoms with van der Waals surface area (Å²) in [5.74, 6) is 0.0204. The summed E-state index contributed by atoms with van der Waals surface area (Å²) in [5.41, 5.74) is -0.661. The van der Waals surface area contributed by atoms with Crippen molar-refractivity contribution in [3.05, 3.63) is 0 Å². The van der Waals surface area contributed by atoms with Crippen molar-refractivity contribution in [2.45, 2.75) is 50.5 Å². The molecule has 4 nitrogen and oxygen atoms in total. The van der Waals surface area contributed by atoms with Crippen molar-refractivity contribution in [1.82, 2.24) is 10.6 Å². The molecule has 1 rings (SSSR count). The smallest absolute Gasteiger partial charge is 0.221 e. The van der Waals surface area contributed by atoms with Crippen LogP contribution in [0.2, 0.25) is 0 Å². The number of amides is 1. The van der Waals surface area contributed by atoms with Crippen LogP contribution in [-0.2, 0) is 4.79 Å². The normalized spacial score (nSPS) is 20.1. The molecular weight excluding hydrogens is 204 g/mol. The van der Waals surface area contributed by atoms with Gasteiger partial charge in [-0.2, -0.15) is 0 Å². The molecule has 0 heterocycles. The molecule has 0 unspecified atom stereocenters. The monoisotopic (exact) mass is 228 g/mol. The molecule has 0 saturated heterocycles. The largest absolute Gasteiger partial charge is 0.388 e. The number of nitrogens with one attached hydrogen (secondary N) is 2. The van der Waals surface area contributed by atoms with Gasteiger partial charge < -0.3 is 15.7 Å². The predicted octanol–water partition coefficient (Wildman–Crippen LogP) is 0.797. The van der Waals surface area contributed by atoms with Crippen LogP contribution < -0.4 is 10.6 Å². The third kappa shape index (κ3) is 4.94. The summed E-state index contributed by atoms with van der Waals surface area (Å²) in [6, 6.07) is 0. The fourth-order valence-corrected chi connectivity index (χ4v) is 2.15. The Balaban J connectivity index is 2.25. The van der Waals surface area contributed by atoms with Gasteiger partial charge in [0.05, 0.1) is 5.60 Å². The second kappa shape index (κ2) is 6.86. The number of aliphatic hydroxyl groups is 1. The average molecular weight is 228 g/mol. The van der Waals surface area contributed by atoms with Crippen molar-refractivity contribution < 1.29 is 9.90 Å². The van der Waals surface area contributed by atoms with Crippen molar-refractivity contribution in [2.24, 2.45) is 0 Å². The summed E-state index contributed by atoms with van der Waals surface area (Å²) in [5, 5.41) is 16.1. The van der Waals surface area contributed by atoms with Crippen LogP contribution in [0.25, 0.3) is 0 Å². The molecule has 1 aliphatic carbocycles. The Labute approximate surface area is 97.8 Å². The van der Waals surface area contributed by atoms with Crippen LogP contribution in [0.5, 0.6) is 0 Å². The van der Waals surface area contributed by atoms with Crippen molar-refractivity contribution in [2.75, 3.05) is 20.1 Å². The van der Waals surface area contributed by atoms with Crippen LogP contribution in [0.15, 0.2) is 0 Å². The Hall–Kier alpha value is -0.610. The van der Waals surface area contributed by atoms with Gasteiger partial charge >= 0.3 is 0 Å². The molecule has 4 heteroatoms. The van der Waals surface area contributed by atoms with E-state index in [2.05, 4.69) is 10.6 Å². The van der Waals surface area contributed by atoms with E-state index in [0.29, 0.717) is 19.5 Å². The van der Waals surface area contributed by atoms with Crippen LogP contribution in [0.1, 0.15) is 44.9 Å². The molecule has 0 spiro atoms. The number of hydrogen-bond acceptors (Lipinski definition) is 3. The van der Waals surface area contributed by atoms with E-state index in [9.17, 15) is 9.90 Å². The summed E-state index contributed by atoms with van der Waals surface area (Å²) in [4.78, 5) is 11.4. The van der Waals surface area contributed by atoms with Crippen molar-refractivity contribution >= 4 is 5.91 Å². The quantitative estimate of drug-likeness (QED) is 0.610. The number of carbonyl (C=O) groups is 1. The van der Waals surface area contributed by atoms with Gasteiger partial charge in [0.1, 0.15) is 0 Å². The molecule has 0 aromatic carbocycles. The van der Waals surface area contributed by atoms with Crippen LogP contribution in [0.3, 0.4) is 0 Å². The molecule has 1 fully saturated rings. The molecule has 0 aliphatic heterocycles. The van der Waals surface area contributed by atoms with E-state index in [1.807, 2.05) is 7.05 Å². The predicted molar refractivity (Wildman–Crippen MR) is 64.2 cm³/mol. The minimum absolute atomic E-state index is 0.0204. The van der Waals surface area contributed by atoms with Crippen molar-refractivity contribution in [3.8, 4) is 0 Å². The van der Waals surface area contributed by atoms with Crippen LogP contribution in [0, 0.1) is 0 Å². The Bertz CT molecular complexity index is 211. The lowest BCUT2D eigenvalue weighted by molar-refractivity contribution is -0.122. The zero-order chi connectivity index (χ0) is 11.9.